The van der Waals surface area contributed by atoms with Crippen LogP contribution in [-0.4, -0.2) is 35.4 Å². The highest BCUT2D eigenvalue weighted by Crippen LogP contribution is 2.25. The van der Waals surface area contributed by atoms with E-state index in [2.05, 4.69) is 33.1 Å². The molecule has 2 amide bonds. The van der Waals surface area contributed by atoms with Crippen molar-refractivity contribution in [3.8, 4) is 0 Å². The normalized spacial score (nSPS) is 19.8. The molecule has 2 heterocycles. The first-order valence-electron chi connectivity index (χ1n) is 9.52. The Kier molecular flexibility index (Phi) is 6.26. The SMILES string of the molecule is Cc1nc(N)ccc1CNC(=O)C(C)NC(=O)C1CC(c2ccccc2)CN1. The molecule has 1 aromatic heterocycles. The van der Waals surface area contributed by atoms with Crippen molar-refractivity contribution in [3.05, 3.63) is 59.3 Å². The van der Waals surface area contributed by atoms with Gasteiger partial charge in [0.2, 0.25) is 11.8 Å². The van der Waals surface area contributed by atoms with Crippen LogP contribution in [0.5, 0.6) is 0 Å². The molecule has 148 valence electrons. The van der Waals surface area contributed by atoms with Gasteiger partial charge in [0.05, 0.1) is 6.04 Å². The van der Waals surface area contributed by atoms with Gasteiger partial charge >= 0.3 is 0 Å². The van der Waals surface area contributed by atoms with E-state index in [-0.39, 0.29) is 17.9 Å². The third kappa shape index (κ3) is 4.86. The fourth-order valence-electron chi connectivity index (χ4n) is 3.43. The molecule has 2 aromatic rings. The zero-order valence-electron chi connectivity index (χ0n) is 16.2. The van der Waals surface area contributed by atoms with Crippen molar-refractivity contribution >= 4 is 17.6 Å². The van der Waals surface area contributed by atoms with E-state index in [1.54, 1.807) is 13.0 Å². The van der Waals surface area contributed by atoms with E-state index in [9.17, 15) is 9.59 Å². The van der Waals surface area contributed by atoms with Crippen LogP contribution in [0, 0.1) is 6.92 Å². The minimum Gasteiger partial charge on any atom is -0.384 e. The molecule has 3 atom stereocenters. The van der Waals surface area contributed by atoms with E-state index in [0.29, 0.717) is 18.3 Å². The minimum absolute atomic E-state index is 0.147. The largest absolute Gasteiger partial charge is 0.384 e. The number of nitrogens with two attached hydrogens (primary N) is 1. The van der Waals surface area contributed by atoms with E-state index in [4.69, 9.17) is 5.73 Å². The number of aromatic nitrogens is 1. The van der Waals surface area contributed by atoms with Crippen molar-refractivity contribution in [1.29, 1.82) is 0 Å². The molecule has 3 unspecified atom stereocenters. The molecule has 1 aliphatic heterocycles. The summed E-state index contributed by atoms with van der Waals surface area (Å²) >= 11 is 0. The van der Waals surface area contributed by atoms with E-state index in [1.807, 2.05) is 31.2 Å². The van der Waals surface area contributed by atoms with Gasteiger partial charge in [-0.3, -0.25) is 9.59 Å². The molecule has 28 heavy (non-hydrogen) atoms. The standard InChI is InChI=1S/C21H27N5O2/c1-13-16(8-9-19(22)25-13)11-24-20(27)14(2)26-21(28)18-10-17(12-23-18)15-6-4-3-5-7-15/h3-9,14,17-18,23H,10-12H2,1-2H3,(H2,22,25)(H,24,27)(H,26,28). The molecular weight excluding hydrogens is 354 g/mol. The Bertz CT molecular complexity index is 840. The van der Waals surface area contributed by atoms with Crippen LogP contribution in [0.1, 0.15) is 36.1 Å². The summed E-state index contributed by atoms with van der Waals surface area (Å²) in [6.07, 6.45) is 0.723. The van der Waals surface area contributed by atoms with E-state index >= 15 is 0 Å². The van der Waals surface area contributed by atoms with Crippen LogP contribution in [0.2, 0.25) is 0 Å². The molecule has 0 saturated carbocycles. The van der Waals surface area contributed by atoms with E-state index in [0.717, 1.165) is 24.2 Å². The molecule has 1 aliphatic rings. The Hall–Kier alpha value is -2.93. The highest BCUT2D eigenvalue weighted by atomic mass is 16.2. The zero-order chi connectivity index (χ0) is 20.1. The summed E-state index contributed by atoms with van der Waals surface area (Å²) < 4.78 is 0. The lowest BCUT2D eigenvalue weighted by atomic mass is 9.96. The summed E-state index contributed by atoms with van der Waals surface area (Å²) in [6.45, 7) is 4.63. The molecule has 7 nitrogen and oxygen atoms in total. The van der Waals surface area contributed by atoms with Gasteiger partial charge in [0, 0.05) is 18.8 Å². The molecular formula is C21H27N5O2. The van der Waals surface area contributed by atoms with Gasteiger partial charge in [-0.2, -0.15) is 0 Å². The van der Waals surface area contributed by atoms with Gasteiger partial charge < -0.3 is 21.7 Å². The van der Waals surface area contributed by atoms with Crippen LogP contribution in [0.15, 0.2) is 42.5 Å². The summed E-state index contributed by atoms with van der Waals surface area (Å²) in [7, 11) is 0. The van der Waals surface area contributed by atoms with E-state index < -0.39 is 6.04 Å². The first-order chi connectivity index (χ1) is 13.4. The van der Waals surface area contributed by atoms with Crippen LogP contribution in [0.4, 0.5) is 5.82 Å². The molecule has 0 radical (unpaired) electrons. The highest BCUT2D eigenvalue weighted by Gasteiger charge is 2.31. The second kappa shape index (κ2) is 8.84. The lowest BCUT2D eigenvalue weighted by Crippen LogP contribution is -2.50. The highest BCUT2D eigenvalue weighted by molar-refractivity contribution is 5.89. The maximum atomic E-state index is 12.5. The number of hydrogen-bond donors (Lipinski definition) is 4. The molecule has 0 aliphatic carbocycles. The topological polar surface area (TPSA) is 109 Å². The summed E-state index contributed by atoms with van der Waals surface area (Å²) in [6, 6.07) is 12.8. The third-order valence-corrected chi connectivity index (χ3v) is 5.14. The molecule has 3 rings (SSSR count). The van der Waals surface area contributed by atoms with Crippen molar-refractivity contribution < 1.29 is 9.59 Å². The lowest BCUT2D eigenvalue weighted by molar-refractivity contribution is -0.129. The Morgan fingerprint density at radius 2 is 2.00 bits per heavy atom. The number of nitrogen functional groups attached to an aromatic ring is 1. The Labute approximate surface area is 165 Å². The van der Waals surface area contributed by atoms with Crippen LogP contribution in [0.3, 0.4) is 0 Å². The number of pyridine rings is 1. The number of aryl methyl sites for hydroxylation is 1. The summed E-state index contributed by atoms with van der Waals surface area (Å²) in [5, 5.41) is 8.90. The maximum absolute atomic E-state index is 12.5. The quantitative estimate of drug-likeness (QED) is 0.602. The molecule has 5 N–H and O–H groups in total. The predicted octanol–water partition coefficient (Wildman–Crippen LogP) is 1.24. The van der Waals surface area contributed by atoms with Gasteiger partial charge in [-0.1, -0.05) is 36.4 Å². The van der Waals surface area contributed by atoms with Crippen LogP contribution >= 0.6 is 0 Å². The van der Waals surface area contributed by atoms with Crippen molar-refractivity contribution in [1.82, 2.24) is 20.9 Å². The summed E-state index contributed by atoms with van der Waals surface area (Å²) in [5.74, 6) is 0.377. The van der Waals surface area contributed by atoms with Crippen molar-refractivity contribution in [2.45, 2.75) is 44.8 Å². The molecule has 1 fully saturated rings. The van der Waals surface area contributed by atoms with E-state index in [1.165, 1.54) is 5.56 Å². The summed E-state index contributed by atoms with van der Waals surface area (Å²) in [4.78, 5) is 29.0. The number of nitrogens with zero attached hydrogens (tertiary/aromatic N) is 1. The van der Waals surface area contributed by atoms with Crippen molar-refractivity contribution in [3.63, 3.8) is 0 Å². The van der Waals surface area contributed by atoms with Crippen molar-refractivity contribution in [2.75, 3.05) is 12.3 Å². The zero-order valence-corrected chi connectivity index (χ0v) is 16.2. The molecule has 0 bridgehead atoms. The number of anilines is 1. The Balaban J connectivity index is 1.48. The van der Waals surface area contributed by atoms with Gasteiger partial charge in [0.15, 0.2) is 0 Å². The molecule has 1 saturated heterocycles. The minimum atomic E-state index is -0.618. The fourth-order valence-corrected chi connectivity index (χ4v) is 3.43. The fraction of sp³-hybridized carbons (Fsp3) is 0.381. The third-order valence-electron chi connectivity index (χ3n) is 5.14. The number of carbonyl (C=O) groups excluding carboxylic acids is 2. The Morgan fingerprint density at radius 1 is 1.25 bits per heavy atom. The van der Waals surface area contributed by atoms with Gasteiger partial charge in [0.1, 0.15) is 11.9 Å². The monoisotopic (exact) mass is 381 g/mol. The number of benzene rings is 1. The predicted molar refractivity (Wildman–Crippen MR) is 108 cm³/mol. The molecule has 1 aromatic carbocycles. The van der Waals surface area contributed by atoms with Crippen LogP contribution < -0.4 is 21.7 Å². The number of nitrogens with one attached hydrogen (secondary N) is 3. The lowest BCUT2D eigenvalue weighted by Gasteiger charge is -2.17. The second-order valence-corrected chi connectivity index (χ2v) is 7.23. The van der Waals surface area contributed by atoms with Gasteiger partial charge in [-0.25, -0.2) is 4.98 Å². The smallest absolute Gasteiger partial charge is 0.242 e. The number of carbonyl (C=O) groups is 2. The summed E-state index contributed by atoms with van der Waals surface area (Å²) in [5.41, 5.74) is 8.54. The van der Waals surface area contributed by atoms with Gasteiger partial charge in [-0.05, 0) is 43.4 Å². The average molecular weight is 381 g/mol. The van der Waals surface area contributed by atoms with Gasteiger partial charge in [-0.15, -0.1) is 0 Å². The average Bonchev–Trinajstić information content (AvgIpc) is 3.18. The van der Waals surface area contributed by atoms with Crippen molar-refractivity contribution in [2.24, 2.45) is 0 Å². The first-order valence-corrected chi connectivity index (χ1v) is 9.52. The molecule has 7 heteroatoms. The maximum Gasteiger partial charge on any atom is 0.242 e. The Morgan fingerprint density at radius 3 is 2.71 bits per heavy atom. The first kappa shape index (κ1) is 19.8. The second-order valence-electron chi connectivity index (χ2n) is 7.23. The van der Waals surface area contributed by atoms with Gasteiger partial charge in [0.25, 0.3) is 0 Å². The van der Waals surface area contributed by atoms with Crippen LogP contribution in [-0.2, 0) is 16.1 Å². The van der Waals surface area contributed by atoms with Crippen LogP contribution in [0.25, 0.3) is 0 Å². The number of amides is 2. The number of hydrogen-bond acceptors (Lipinski definition) is 5. The molecule has 0 spiro atoms. The number of rotatable bonds is 6.